The average Bonchev–Trinajstić information content (AvgIpc) is 3.14. The number of anilines is 1. The van der Waals surface area contributed by atoms with Crippen LogP contribution in [0, 0.1) is 23.2 Å². The number of ether oxygens (including phenoxy) is 1. The van der Waals surface area contributed by atoms with E-state index in [4.69, 9.17) is 19.0 Å². The molecule has 12 nitrogen and oxygen atoms in total. The summed E-state index contributed by atoms with van der Waals surface area (Å²) in [6.45, 7) is 12.2. The molecule has 0 radical (unpaired) electrons. The number of aromatic amines is 1. The van der Waals surface area contributed by atoms with Crippen molar-refractivity contribution in [3.63, 3.8) is 0 Å². The number of nitrogens with one attached hydrogen (secondary N) is 2. The standard InChI is InChI=1S/C23H34N7O5P/c1-12(2)21(31)27-23-26-20-17(22(32)28-23)25-11-29(20)16-10-15-18(34-16)19(15)35-36(33-9-7-8-24)30(13(3)4)14(5)6/h11-16,18-19H,7,9-10H2,1-6H3,(H2,26,27,28,31,32)/t15?,16-,18+,19?,36?/m1/s1. The molecule has 2 aromatic rings. The second-order valence-corrected chi connectivity index (χ2v) is 11.4. The van der Waals surface area contributed by atoms with Crippen LogP contribution >= 0.6 is 8.53 Å². The summed E-state index contributed by atoms with van der Waals surface area (Å²) in [5.74, 6) is -0.234. The molecule has 1 saturated carbocycles. The smallest absolute Gasteiger partial charge is 0.280 e. The predicted octanol–water partition coefficient (Wildman–Crippen LogP) is 3.29. The van der Waals surface area contributed by atoms with E-state index in [1.807, 2.05) is 0 Å². The maximum Gasteiger partial charge on any atom is 0.280 e. The summed E-state index contributed by atoms with van der Waals surface area (Å²) in [6, 6.07) is 2.55. The van der Waals surface area contributed by atoms with Crippen LogP contribution in [0.3, 0.4) is 0 Å². The molecule has 3 unspecified atom stereocenters. The van der Waals surface area contributed by atoms with E-state index in [0.29, 0.717) is 25.1 Å². The highest BCUT2D eigenvalue weighted by Gasteiger charge is 2.61. The molecule has 2 N–H and O–H groups in total. The molecular formula is C23H34N7O5P. The van der Waals surface area contributed by atoms with E-state index in [-0.39, 0.29) is 59.7 Å². The summed E-state index contributed by atoms with van der Waals surface area (Å²) in [6.07, 6.45) is 1.99. The highest BCUT2D eigenvalue weighted by molar-refractivity contribution is 7.44. The first kappa shape index (κ1) is 26.6. The van der Waals surface area contributed by atoms with Crippen molar-refractivity contribution in [2.45, 2.75) is 84.9 Å². The monoisotopic (exact) mass is 519 g/mol. The summed E-state index contributed by atoms with van der Waals surface area (Å²) in [7, 11) is -1.34. The first-order chi connectivity index (χ1) is 17.1. The Hall–Kier alpha value is -2.42. The van der Waals surface area contributed by atoms with Crippen molar-refractivity contribution in [2.75, 3.05) is 11.9 Å². The van der Waals surface area contributed by atoms with E-state index in [9.17, 15) is 9.59 Å². The maximum absolute atomic E-state index is 12.5. The Morgan fingerprint density at radius 3 is 2.67 bits per heavy atom. The Morgan fingerprint density at radius 2 is 2.08 bits per heavy atom. The van der Waals surface area contributed by atoms with Crippen molar-refractivity contribution in [3.8, 4) is 6.07 Å². The van der Waals surface area contributed by atoms with E-state index in [0.717, 1.165) is 0 Å². The van der Waals surface area contributed by atoms with Crippen LogP contribution in [-0.2, 0) is 18.6 Å². The predicted molar refractivity (Wildman–Crippen MR) is 134 cm³/mol. The van der Waals surface area contributed by atoms with Gasteiger partial charge >= 0.3 is 0 Å². The number of nitriles is 1. The van der Waals surface area contributed by atoms with Gasteiger partial charge in [-0.3, -0.25) is 24.5 Å². The lowest BCUT2D eigenvalue weighted by Crippen LogP contribution is -2.34. The Labute approximate surface area is 211 Å². The van der Waals surface area contributed by atoms with Gasteiger partial charge in [0.1, 0.15) is 6.23 Å². The first-order valence-electron chi connectivity index (χ1n) is 12.3. The molecule has 5 atom stereocenters. The summed E-state index contributed by atoms with van der Waals surface area (Å²) >= 11 is 0. The Bertz CT molecular complexity index is 1170. The third-order valence-corrected chi connectivity index (χ3v) is 8.33. The highest BCUT2D eigenvalue weighted by atomic mass is 31.2. The van der Waals surface area contributed by atoms with Crippen LogP contribution < -0.4 is 10.9 Å². The third-order valence-electron chi connectivity index (χ3n) is 6.20. The molecule has 4 rings (SSSR count). The van der Waals surface area contributed by atoms with Gasteiger partial charge in [-0.1, -0.05) is 13.8 Å². The Morgan fingerprint density at radius 1 is 1.36 bits per heavy atom. The third kappa shape index (κ3) is 5.45. The highest BCUT2D eigenvalue weighted by Crippen LogP contribution is 2.58. The number of rotatable bonds is 11. The largest absolute Gasteiger partial charge is 0.352 e. The van der Waals surface area contributed by atoms with Gasteiger partial charge in [0.25, 0.3) is 14.1 Å². The molecule has 2 aromatic heterocycles. The van der Waals surface area contributed by atoms with Gasteiger partial charge < -0.3 is 13.8 Å². The van der Waals surface area contributed by atoms with Gasteiger partial charge in [-0.15, -0.1) is 0 Å². The van der Waals surface area contributed by atoms with E-state index in [1.165, 1.54) is 0 Å². The van der Waals surface area contributed by atoms with Gasteiger partial charge in [0.05, 0.1) is 37.6 Å². The second-order valence-electron chi connectivity index (χ2n) is 9.95. The summed E-state index contributed by atoms with van der Waals surface area (Å²) in [5, 5.41) is 11.5. The molecule has 2 aliphatic rings. The normalized spacial score (nSPS) is 24.0. The van der Waals surface area contributed by atoms with Gasteiger partial charge in [-0.25, -0.2) is 9.65 Å². The zero-order valence-electron chi connectivity index (χ0n) is 21.5. The lowest BCUT2D eigenvalue weighted by molar-refractivity contribution is -0.118. The van der Waals surface area contributed by atoms with Gasteiger partial charge in [0.15, 0.2) is 11.2 Å². The minimum Gasteiger partial charge on any atom is -0.352 e. The van der Waals surface area contributed by atoms with E-state index in [2.05, 4.69) is 58.7 Å². The molecule has 0 bridgehead atoms. The van der Waals surface area contributed by atoms with Crippen molar-refractivity contribution in [3.05, 3.63) is 16.7 Å². The molecule has 1 amide bonds. The van der Waals surface area contributed by atoms with Crippen LogP contribution in [0.4, 0.5) is 5.95 Å². The molecule has 1 saturated heterocycles. The molecule has 0 spiro atoms. The molecule has 196 valence electrons. The zero-order chi connectivity index (χ0) is 26.1. The fraction of sp³-hybridized carbons (Fsp3) is 0.696. The van der Waals surface area contributed by atoms with Crippen molar-refractivity contribution < 1.29 is 18.6 Å². The number of fused-ring (bicyclic) bond motifs is 2. The van der Waals surface area contributed by atoms with Crippen molar-refractivity contribution in [1.29, 1.82) is 5.26 Å². The molecule has 1 aliphatic heterocycles. The number of hydrogen-bond donors (Lipinski definition) is 2. The molecule has 36 heavy (non-hydrogen) atoms. The van der Waals surface area contributed by atoms with Crippen LogP contribution in [0.1, 0.15) is 60.6 Å². The number of amides is 1. The van der Waals surface area contributed by atoms with Crippen LogP contribution in [0.25, 0.3) is 11.2 Å². The fourth-order valence-electron chi connectivity index (χ4n) is 4.40. The molecule has 1 aliphatic carbocycles. The van der Waals surface area contributed by atoms with Gasteiger partial charge in [-0.05, 0) is 27.7 Å². The number of carbonyl (C=O) groups excluding carboxylic acids is 1. The van der Waals surface area contributed by atoms with Crippen LogP contribution in [-0.4, -0.2) is 61.0 Å². The fourth-order valence-corrected chi connectivity index (χ4v) is 6.19. The van der Waals surface area contributed by atoms with Crippen LogP contribution in [0.2, 0.25) is 0 Å². The number of hydrogen-bond acceptors (Lipinski definition) is 9. The molecule has 3 heterocycles. The lowest BCUT2D eigenvalue weighted by Gasteiger charge is -2.36. The zero-order valence-corrected chi connectivity index (χ0v) is 22.4. The summed E-state index contributed by atoms with van der Waals surface area (Å²) < 4.78 is 22.6. The first-order valence-corrected chi connectivity index (χ1v) is 13.4. The van der Waals surface area contributed by atoms with Gasteiger partial charge in [-0.2, -0.15) is 10.2 Å². The number of H-pyrrole nitrogens is 1. The van der Waals surface area contributed by atoms with E-state index < -0.39 is 14.1 Å². The average molecular weight is 520 g/mol. The Kier molecular flexibility index (Phi) is 8.07. The van der Waals surface area contributed by atoms with E-state index in [1.54, 1.807) is 24.7 Å². The van der Waals surface area contributed by atoms with Crippen LogP contribution in [0.5, 0.6) is 0 Å². The molecule has 13 heteroatoms. The van der Waals surface area contributed by atoms with Gasteiger partial charge in [0, 0.05) is 30.3 Å². The van der Waals surface area contributed by atoms with Crippen molar-refractivity contribution in [2.24, 2.45) is 11.8 Å². The summed E-state index contributed by atoms with van der Waals surface area (Å²) in [4.78, 5) is 35.8. The maximum atomic E-state index is 12.5. The van der Waals surface area contributed by atoms with Crippen molar-refractivity contribution in [1.82, 2.24) is 24.2 Å². The van der Waals surface area contributed by atoms with Gasteiger partial charge in [0.2, 0.25) is 11.9 Å². The number of nitrogens with zero attached hydrogens (tertiary/aromatic N) is 5. The number of imidazole rings is 1. The quantitative estimate of drug-likeness (QED) is 0.337. The number of aromatic nitrogens is 4. The van der Waals surface area contributed by atoms with Crippen LogP contribution in [0.15, 0.2) is 11.1 Å². The minimum absolute atomic E-state index is 0.0833. The summed E-state index contributed by atoms with van der Waals surface area (Å²) in [5.41, 5.74) is 0.118. The SMILES string of the molecule is CC(C)C(=O)Nc1nc2c(ncn2[C@H]2CC3C(OP(OCCC#N)N(C(C)C)C(C)C)[C@H]3O2)c(=O)[nH]1. The number of carbonyl (C=O) groups is 1. The Balaban J connectivity index is 1.45. The molecule has 0 aromatic carbocycles. The van der Waals surface area contributed by atoms with E-state index >= 15 is 0 Å². The lowest BCUT2D eigenvalue weighted by atomic mass is 10.2. The second kappa shape index (κ2) is 10.9. The topological polar surface area (TPSA) is 147 Å². The minimum atomic E-state index is -1.34. The molecule has 2 fully saturated rings. The van der Waals surface area contributed by atoms with Crippen molar-refractivity contribution >= 4 is 31.5 Å². The molecular weight excluding hydrogens is 485 g/mol.